The predicted octanol–water partition coefficient (Wildman–Crippen LogP) is 2.43. The van der Waals surface area contributed by atoms with Crippen molar-refractivity contribution in [2.45, 2.75) is 38.6 Å². The first-order valence-electron chi connectivity index (χ1n) is 5.77. The highest BCUT2D eigenvalue weighted by molar-refractivity contribution is 9.11. The lowest BCUT2D eigenvalue weighted by molar-refractivity contribution is 0.0146. The standard InChI is InChI=1S/C12H18BrNO4S/c1-12(2,3)18-11(17)14-6-7(15)10(16)8-4-5-9(13)19-8/h4-5,7,10,15-16H,6H2,1-3H3,(H,14,17). The van der Waals surface area contributed by atoms with E-state index in [9.17, 15) is 15.0 Å². The normalized spacial score (nSPS) is 14.8. The summed E-state index contributed by atoms with van der Waals surface area (Å²) in [6, 6.07) is 3.51. The van der Waals surface area contributed by atoms with E-state index in [0.29, 0.717) is 4.88 Å². The highest BCUT2D eigenvalue weighted by atomic mass is 79.9. The van der Waals surface area contributed by atoms with Crippen LogP contribution < -0.4 is 5.32 Å². The Balaban J connectivity index is 2.43. The maximum absolute atomic E-state index is 11.4. The number of aliphatic hydroxyl groups is 2. The molecule has 1 aromatic rings. The van der Waals surface area contributed by atoms with Gasteiger partial charge < -0.3 is 20.3 Å². The number of aliphatic hydroxyl groups excluding tert-OH is 2. The van der Waals surface area contributed by atoms with Crippen molar-refractivity contribution in [1.29, 1.82) is 0 Å². The fraction of sp³-hybridized carbons (Fsp3) is 0.583. The number of carbonyl (C=O) groups is 1. The van der Waals surface area contributed by atoms with Gasteiger partial charge in [-0.3, -0.25) is 0 Å². The van der Waals surface area contributed by atoms with E-state index in [0.717, 1.165) is 3.79 Å². The SMILES string of the molecule is CC(C)(C)OC(=O)NCC(O)C(O)c1ccc(Br)s1. The number of carbonyl (C=O) groups excluding carboxylic acids is 1. The lowest BCUT2D eigenvalue weighted by Gasteiger charge is -2.21. The van der Waals surface area contributed by atoms with Crippen LogP contribution in [0.25, 0.3) is 0 Å². The number of nitrogens with one attached hydrogen (secondary N) is 1. The molecule has 1 rings (SSSR count). The van der Waals surface area contributed by atoms with Gasteiger partial charge in [-0.05, 0) is 48.8 Å². The summed E-state index contributed by atoms with van der Waals surface area (Å²) in [7, 11) is 0. The number of halogens is 1. The third-order valence-electron chi connectivity index (χ3n) is 2.10. The summed E-state index contributed by atoms with van der Waals surface area (Å²) in [4.78, 5) is 12.0. The number of ether oxygens (including phenoxy) is 1. The van der Waals surface area contributed by atoms with Gasteiger partial charge in [0.15, 0.2) is 0 Å². The number of hydrogen-bond donors (Lipinski definition) is 3. The van der Waals surface area contributed by atoms with Crippen molar-refractivity contribution in [2.75, 3.05) is 6.54 Å². The molecule has 0 fully saturated rings. The van der Waals surface area contributed by atoms with E-state index in [1.165, 1.54) is 11.3 Å². The summed E-state index contributed by atoms with van der Waals surface area (Å²) in [5.74, 6) is 0. The molecule has 2 unspecified atom stereocenters. The smallest absolute Gasteiger partial charge is 0.407 e. The summed E-state index contributed by atoms with van der Waals surface area (Å²) >= 11 is 4.61. The molecule has 19 heavy (non-hydrogen) atoms. The maximum Gasteiger partial charge on any atom is 0.407 e. The van der Waals surface area contributed by atoms with Gasteiger partial charge in [0.2, 0.25) is 0 Å². The minimum atomic E-state index is -1.09. The van der Waals surface area contributed by atoms with Crippen LogP contribution in [0.4, 0.5) is 4.79 Å². The molecule has 0 radical (unpaired) electrons. The fourth-order valence-electron chi connectivity index (χ4n) is 1.29. The summed E-state index contributed by atoms with van der Waals surface area (Å²) in [5.41, 5.74) is -0.591. The molecule has 0 aliphatic rings. The van der Waals surface area contributed by atoms with E-state index in [1.807, 2.05) is 0 Å². The summed E-state index contributed by atoms with van der Waals surface area (Å²) in [6.07, 6.45) is -2.74. The Morgan fingerprint density at radius 3 is 2.58 bits per heavy atom. The molecule has 0 aromatic carbocycles. The second kappa shape index (κ2) is 6.69. The molecule has 0 aliphatic carbocycles. The second-order valence-corrected chi connectivity index (χ2v) is 7.53. The number of thiophene rings is 1. The molecule has 0 bridgehead atoms. The molecule has 1 amide bonds. The monoisotopic (exact) mass is 351 g/mol. The lowest BCUT2D eigenvalue weighted by Crippen LogP contribution is -2.38. The maximum atomic E-state index is 11.4. The Kier molecular flexibility index (Phi) is 5.79. The van der Waals surface area contributed by atoms with Crippen LogP contribution in [0.1, 0.15) is 31.8 Å². The van der Waals surface area contributed by atoms with Crippen molar-refractivity contribution in [3.63, 3.8) is 0 Å². The second-order valence-electron chi connectivity index (χ2n) is 5.04. The van der Waals surface area contributed by atoms with Crippen LogP contribution in [-0.2, 0) is 4.74 Å². The number of hydrogen-bond acceptors (Lipinski definition) is 5. The Morgan fingerprint density at radius 1 is 1.47 bits per heavy atom. The molecular weight excluding hydrogens is 334 g/mol. The fourth-order valence-corrected chi connectivity index (χ4v) is 2.76. The lowest BCUT2D eigenvalue weighted by atomic mass is 10.1. The van der Waals surface area contributed by atoms with Crippen molar-refractivity contribution in [3.8, 4) is 0 Å². The first-order chi connectivity index (χ1) is 8.69. The zero-order valence-electron chi connectivity index (χ0n) is 11.0. The van der Waals surface area contributed by atoms with Crippen molar-refractivity contribution in [3.05, 3.63) is 20.8 Å². The molecule has 2 atom stereocenters. The van der Waals surface area contributed by atoms with Crippen molar-refractivity contribution in [1.82, 2.24) is 5.32 Å². The Hall–Kier alpha value is -0.630. The third-order valence-corrected chi connectivity index (χ3v) is 3.80. The van der Waals surface area contributed by atoms with Crippen LogP contribution in [0.2, 0.25) is 0 Å². The zero-order chi connectivity index (χ0) is 14.6. The van der Waals surface area contributed by atoms with Crippen LogP contribution in [-0.4, -0.2) is 34.6 Å². The van der Waals surface area contributed by atoms with Crippen molar-refractivity contribution in [2.24, 2.45) is 0 Å². The van der Waals surface area contributed by atoms with Gasteiger partial charge >= 0.3 is 6.09 Å². The summed E-state index contributed by atoms with van der Waals surface area (Å²) < 4.78 is 5.90. The van der Waals surface area contributed by atoms with E-state index in [2.05, 4.69) is 21.2 Å². The van der Waals surface area contributed by atoms with E-state index in [-0.39, 0.29) is 6.54 Å². The molecule has 108 valence electrons. The molecule has 0 spiro atoms. The molecule has 0 saturated carbocycles. The number of alkyl carbamates (subject to hydrolysis) is 1. The van der Waals surface area contributed by atoms with Crippen LogP contribution in [0.5, 0.6) is 0 Å². The third kappa shape index (κ3) is 5.90. The van der Waals surface area contributed by atoms with E-state index in [1.54, 1.807) is 32.9 Å². The molecule has 0 aliphatic heterocycles. The van der Waals surface area contributed by atoms with Gasteiger partial charge in [0.1, 0.15) is 17.8 Å². The molecular formula is C12H18BrNO4S. The van der Waals surface area contributed by atoms with Gasteiger partial charge in [-0.15, -0.1) is 11.3 Å². The summed E-state index contributed by atoms with van der Waals surface area (Å²) in [6.45, 7) is 5.18. The molecule has 1 heterocycles. The molecule has 7 heteroatoms. The minimum Gasteiger partial charge on any atom is -0.444 e. The minimum absolute atomic E-state index is 0.0778. The summed E-state index contributed by atoms with van der Waals surface area (Å²) in [5, 5.41) is 22.1. The van der Waals surface area contributed by atoms with Gasteiger partial charge in [-0.1, -0.05) is 0 Å². The zero-order valence-corrected chi connectivity index (χ0v) is 13.4. The van der Waals surface area contributed by atoms with Crippen LogP contribution in [0.3, 0.4) is 0 Å². The van der Waals surface area contributed by atoms with Crippen molar-refractivity contribution >= 4 is 33.4 Å². The van der Waals surface area contributed by atoms with Gasteiger partial charge in [0, 0.05) is 11.4 Å². The predicted molar refractivity (Wildman–Crippen MR) is 77.2 cm³/mol. The van der Waals surface area contributed by atoms with Crippen LogP contribution >= 0.6 is 27.3 Å². The highest BCUT2D eigenvalue weighted by Crippen LogP contribution is 2.28. The van der Waals surface area contributed by atoms with Gasteiger partial charge in [0.25, 0.3) is 0 Å². The Morgan fingerprint density at radius 2 is 2.11 bits per heavy atom. The topological polar surface area (TPSA) is 78.8 Å². The largest absolute Gasteiger partial charge is 0.444 e. The average Bonchev–Trinajstić information content (AvgIpc) is 2.69. The quantitative estimate of drug-likeness (QED) is 0.778. The van der Waals surface area contributed by atoms with E-state index < -0.39 is 23.9 Å². The molecule has 0 saturated heterocycles. The highest BCUT2D eigenvalue weighted by Gasteiger charge is 2.22. The van der Waals surface area contributed by atoms with E-state index >= 15 is 0 Å². The number of rotatable bonds is 4. The van der Waals surface area contributed by atoms with Crippen LogP contribution in [0, 0.1) is 0 Å². The van der Waals surface area contributed by atoms with E-state index in [4.69, 9.17) is 4.74 Å². The molecule has 5 nitrogen and oxygen atoms in total. The average molecular weight is 352 g/mol. The first-order valence-corrected chi connectivity index (χ1v) is 7.38. The van der Waals surface area contributed by atoms with Crippen molar-refractivity contribution < 1.29 is 19.7 Å². The van der Waals surface area contributed by atoms with Gasteiger partial charge in [0.05, 0.1) is 3.79 Å². The molecule has 1 aromatic heterocycles. The Labute approximate surface area is 124 Å². The Bertz CT molecular complexity index is 430. The number of amides is 1. The first kappa shape index (κ1) is 16.4. The van der Waals surface area contributed by atoms with Gasteiger partial charge in [-0.25, -0.2) is 4.79 Å². The van der Waals surface area contributed by atoms with Crippen LogP contribution in [0.15, 0.2) is 15.9 Å². The molecule has 3 N–H and O–H groups in total. The van der Waals surface area contributed by atoms with Gasteiger partial charge in [-0.2, -0.15) is 0 Å².